The molecule has 0 N–H and O–H groups in total. The average molecular weight is 583 g/mol. The number of hydrogen-bond acceptors (Lipinski definition) is 2. The van der Waals surface area contributed by atoms with E-state index in [9.17, 15) is 0 Å². The smallest absolute Gasteiger partial charge is 0.249 e. The van der Waals surface area contributed by atoms with Crippen molar-refractivity contribution in [1.29, 1.82) is 0 Å². The van der Waals surface area contributed by atoms with Gasteiger partial charge in [-0.15, -0.1) is 0 Å². The summed E-state index contributed by atoms with van der Waals surface area (Å²) < 4.78 is 36.4. The fourth-order valence-corrected chi connectivity index (χ4v) is 6.12. The molecule has 0 aliphatic rings. The van der Waals surface area contributed by atoms with E-state index in [1.54, 1.807) is 6.33 Å². The lowest BCUT2D eigenvalue weighted by atomic mass is 9.84. The first-order valence-electron chi connectivity index (χ1n) is 16.6. The first-order chi connectivity index (χ1) is 22.2. The molecule has 0 aliphatic carbocycles. The molecular weight excluding hydrogens is 540 g/mol. The van der Waals surface area contributed by atoms with E-state index < -0.39 is 6.98 Å². The van der Waals surface area contributed by atoms with Crippen LogP contribution in [0.2, 0.25) is 0 Å². The molecule has 0 aliphatic heterocycles. The van der Waals surface area contributed by atoms with E-state index in [1.807, 2.05) is 59.3 Å². The summed E-state index contributed by atoms with van der Waals surface area (Å²) in [6.07, 6.45) is 3.53. The molecule has 220 valence electrons. The van der Waals surface area contributed by atoms with E-state index in [1.165, 1.54) is 26.5 Å². The highest BCUT2D eigenvalue weighted by Crippen LogP contribution is 2.42. The summed E-state index contributed by atoms with van der Waals surface area (Å²) in [5.74, 6) is 2.23. The van der Waals surface area contributed by atoms with Crippen molar-refractivity contribution < 1.29 is 13.4 Å². The van der Waals surface area contributed by atoms with E-state index in [0.717, 1.165) is 28.1 Å². The van der Waals surface area contributed by atoms with Gasteiger partial charge >= 0.3 is 0 Å². The van der Waals surface area contributed by atoms with Crippen LogP contribution in [0.15, 0.2) is 110 Å². The molecule has 0 radical (unpaired) electrons. The van der Waals surface area contributed by atoms with E-state index in [-0.39, 0.29) is 10.8 Å². The summed E-state index contributed by atoms with van der Waals surface area (Å²) in [5.41, 5.74) is 6.54. The van der Waals surface area contributed by atoms with Gasteiger partial charge in [0.05, 0.1) is 22.1 Å². The minimum atomic E-state index is -2.31. The highest BCUT2D eigenvalue weighted by Gasteiger charge is 2.25. The molecule has 0 unspecified atom stereocenters. The molecule has 3 heterocycles. The molecule has 4 aromatic carbocycles. The van der Waals surface area contributed by atoms with Gasteiger partial charge in [-0.2, -0.15) is 4.57 Å². The lowest BCUT2D eigenvalue weighted by Gasteiger charge is -2.22. The maximum atomic E-state index is 8.07. The summed E-state index contributed by atoms with van der Waals surface area (Å²) >= 11 is 0. The summed E-state index contributed by atoms with van der Waals surface area (Å²) in [7, 11) is 0. The SMILES string of the molecule is [2H]C([2H])([2H])[n+]1cn(-c2cccc(Oc3cc(C(C)(C)C)c4c5ccccc5n(-c5cc(C(C)(C)C)ccn5)c4c3)c2)c2ccccc21. The first kappa shape index (κ1) is 24.5. The Kier molecular flexibility index (Phi) is 5.62. The second-order valence-electron chi connectivity index (χ2n) is 13.6. The molecule has 0 bridgehead atoms. The number of benzene rings is 4. The number of aryl methyl sites for hydroxylation is 1. The van der Waals surface area contributed by atoms with Gasteiger partial charge in [-0.25, -0.2) is 9.55 Å². The predicted octanol–water partition coefficient (Wildman–Crippen LogP) is 9.33. The topological polar surface area (TPSA) is 35.9 Å². The third kappa shape index (κ3) is 4.73. The Morgan fingerprint density at radius 1 is 0.727 bits per heavy atom. The Morgan fingerprint density at radius 3 is 2.27 bits per heavy atom. The maximum absolute atomic E-state index is 8.07. The zero-order valence-corrected chi connectivity index (χ0v) is 26.1. The molecule has 5 nitrogen and oxygen atoms in total. The number of ether oxygens (including phenoxy) is 1. The van der Waals surface area contributed by atoms with Gasteiger partial charge in [0.15, 0.2) is 11.0 Å². The number of nitrogens with zero attached hydrogens (tertiary/aromatic N) is 4. The van der Waals surface area contributed by atoms with Crippen LogP contribution in [0.5, 0.6) is 11.5 Å². The normalized spacial score (nSPS) is 13.7. The van der Waals surface area contributed by atoms with Crippen LogP contribution in [-0.4, -0.2) is 14.1 Å². The Hall–Kier alpha value is -4.90. The third-order valence-electron chi connectivity index (χ3n) is 8.36. The summed E-state index contributed by atoms with van der Waals surface area (Å²) in [6.45, 7) is 11.0. The number of para-hydroxylation sites is 3. The van der Waals surface area contributed by atoms with Crippen molar-refractivity contribution >= 4 is 32.8 Å². The van der Waals surface area contributed by atoms with Crippen molar-refractivity contribution in [1.82, 2.24) is 14.1 Å². The van der Waals surface area contributed by atoms with E-state index in [0.29, 0.717) is 17.0 Å². The van der Waals surface area contributed by atoms with Gasteiger partial charge in [-0.1, -0.05) is 77.9 Å². The van der Waals surface area contributed by atoms with Crippen LogP contribution in [0.25, 0.3) is 44.3 Å². The molecule has 0 atom stereocenters. The molecule has 0 saturated carbocycles. The van der Waals surface area contributed by atoms with Gasteiger partial charge < -0.3 is 4.74 Å². The number of rotatable bonds is 4. The molecule has 0 amide bonds. The van der Waals surface area contributed by atoms with Crippen LogP contribution < -0.4 is 9.30 Å². The predicted molar refractivity (Wildman–Crippen MR) is 181 cm³/mol. The lowest BCUT2D eigenvalue weighted by Crippen LogP contribution is -2.25. The van der Waals surface area contributed by atoms with Crippen molar-refractivity contribution in [2.24, 2.45) is 6.98 Å². The van der Waals surface area contributed by atoms with Crippen molar-refractivity contribution in [3.8, 4) is 23.0 Å². The van der Waals surface area contributed by atoms with Crippen LogP contribution >= 0.6 is 0 Å². The van der Waals surface area contributed by atoms with Gasteiger partial charge in [0.1, 0.15) is 23.0 Å². The first-order valence-corrected chi connectivity index (χ1v) is 15.1. The molecule has 7 rings (SSSR count). The molecule has 0 saturated heterocycles. The largest absolute Gasteiger partial charge is 0.457 e. The van der Waals surface area contributed by atoms with E-state index >= 15 is 0 Å². The molecule has 5 heteroatoms. The minimum Gasteiger partial charge on any atom is -0.457 e. The molecule has 0 fully saturated rings. The zero-order chi connectivity index (χ0) is 33.3. The number of aromatic nitrogens is 4. The quantitative estimate of drug-likeness (QED) is 0.194. The van der Waals surface area contributed by atoms with Gasteiger partial charge in [-0.3, -0.25) is 4.57 Å². The van der Waals surface area contributed by atoms with Crippen LogP contribution in [-0.2, 0) is 17.8 Å². The summed E-state index contributed by atoms with van der Waals surface area (Å²) in [6, 6.07) is 32.3. The molecular formula is C39H39N4O+. The summed E-state index contributed by atoms with van der Waals surface area (Å²) in [4.78, 5) is 4.87. The van der Waals surface area contributed by atoms with E-state index in [4.69, 9.17) is 13.8 Å². The Bertz CT molecular complexity index is 2300. The van der Waals surface area contributed by atoms with Crippen LogP contribution in [0.4, 0.5) is 0 Å². The van der Waals surface area contributed by atoms with Crippen LogP contribution in [0.1, 0.15) is 56.8 Å². The third-order valence-corrected chi connectivity index (χ3v) is 8.36. The average Bonchev–Trinajstić information content (AvgIpc) is 3.57. The number of hydrogen-bond donors (Lipinski definition) is 0. The molecule has 0 spiro atoms. The highest BCUT2D eigenvalue weighted by molar-refractivity contribution is 6.11. The minimum absolute atomic E-state index is 0.0277. The Balaban J connectivity index is 1.41. The van der Waals surface area contributed by atoms with Crippen molar-refractivity contribution in [2.45, 2.75) is 52.4 Å². The number of imidazole rings is 1. The molecule has 7 aromatic rings. The fraction of sp³-hybridized carbons (Fsp3) is 0.231. The Morgan fingerprint density at radius 2 is 1.50 bits per heavy atom. The van der Waals surface area contributed by atoms with Gasteiger partial charge in [0.2, 0.25) is 6.33 Å². The van der Waals surface area contributed by atoms with Gasteiger partial charge in [0.25, 0.3) is 0 Å². The second-order valence-corrected chi connectivity index (χ2v) is 13.6. The van der Waals surface area contributed by atoms with Crippen molar-refractivity contribution in [2.75, 3.05) is 0 Å². The molecule has 44 heavy (non-hydrogen) atoms. The lowest BCUT2D eigenvalue weighted by molar-refractivity contribution is -0.645. The number of pyridine rings is 1. The van der Waals surface area contributed by atoms with Crippen molar-refractivity contribution in [3.63, 3.8) is 0 Å². The van der Waals surface area contributed by atoms with Gasteiger partial charge in [-0.05, 0) is 70.5 Å². The van der Waals surface area contributed by atoms with Crippen molar-refractivity contribution in [3.05, 3.63) is 121 Å². The van der Waals surface area contributed by atoms with Crippen LogP contribution in [0.3, 0.4) is 0 Å². The molecule has 3 aromatic heterocycles. The monoisotopic (exact) mass is 582 g/mol. The van der Waals surface area contributed by atoms with Crippen LogP contribution in [0, 0.1) is 0 Å². The number of fused-ring (bicyclic) bond motifs is 4. The van der Waals surface area contributed by atoms with Gasteiger partial charge in [0, 0.05) is 29.1 Å². The standard InChI is InChI=1S/C39H39N4O/c1-38(2,3)26-19-20-40-36(21-26)43-32-16-9-8-15-30(32)37-31(39(4,5)6)23-29(24-35(37)43)44-28-14-12-13-27(22-28)42-25-41(7)33-17-10-11-18-34(33)42/h8-25H,1-7H3/q+1/i7D3. The highest BCUT2D eigenvalue weighted by atomic mass is 16.5. The summed E-state index contributed by atoms with van der Waals surface area (Å²) in [5, 5.41) is 2.36. The zero-order valence-electron chi connectivity index (χ0n) is 29.1. The maximum Gasteiger partial charge on any atom is 0.249 e. The Labute approximate surface area is 263 Å². The fourth-order valence-electron chi connectivity index (χ4n) is 6.12. The second kappa shape index (κ2) is 10.1. The van der Waals surface area contributed by atoms with E-state index in [2.05, 4.69) is 94.6 Å².